The van der Waals surface area contributed by atoms with E-state index in [0.717, 1.165) is 30.5 Å². The van der Waals surface area contributed by atoms with Crippen LogP contribution < -0.4 is 27.3 Å². The van der Waals surface area contributed by atoms with Crippen LogP contribution in [0.3, 0.4) is 0 Å². The van der Waals surface area contributed by atoms with Crippen molar-refractivity contribution in [2.45, 2.75) is 50.7 Å². The number of hydrogen-bond acceptors (Lipinski definition) is 5. The molecule has 220 valence electrons. The molecule has 0 atom stereocenters. The molecule has 0 radical (unpaired) electrons. The second kappa shape index (κ2) is 13.8. The van der Waals surface area contributed by atoms with E-state index in [0.29, 0.717) is 17.2 Å². The van der Waals surface area contributed by atoms with E-state index in [-0.39, 0.29) is 18.1 Å². The molecule has 2 amide bonds. The molecule has 0 unspecified atom stereocenters. The third-order valence-electron chi connectivity index (χ3n) is 7.16. The highest BCUT2D eigenvalue weighted by Gasteiger charge is 2.30. The number of nitrogens with two attached hydrogens (primary N) is 2. The number of hydrazine groups is 1. The third kappa shape index (κ3) is 8.20. The lowest BCUT2D eigenvalue weighted by molar-refractivity contribution is -0.137. The summed E-state index contributed by atoms with van der Waals surface area (Å²) in [5.74, 6) is 4.45. The fourth-order valence-corrected chi connectivity index (χ4v) is 4.97. The summed E-state index contributed by atoms with van der Waals surface area (Å²) < 4.78 is 39.5. The number of alkyl halides is 3. The number of hydrogen-bond donors (Lipinski definition) is 4. The summed E-state index contributed by atoms with van der Waals surface area (Å²) in [5.41, 5.74) is 9.92. The maximum Gasteiger partial charge on any atom is 0.416 e. The average molecular weight is 579 g/mol. The van der Waals surface area contributed by atoms with Gasteiger partial charge in [0.1, 0.15) is 0 Å². The fourth-order valence-electron chi connectivity index (χ4n) is 4.97. The van der Waals surface area contributed by atoms with E-state index in [4.69, 9.17) is 11.6 Å². The molecule has 1 aliphatic carbocycles. The molecule has 1 fully saturated rings. The number of anilines is 1. The van der Waals surface area contributed by atoms with Gasteiger partial charge in [0.25, 0.3) is 11.8 Å². The van der Waals surface area contributed by atoms with Crippen LogP contribution in [0.25, 0.3) is 6.08 Å². The molecular weight excluding hydrogens is 545 g/mol. The van der Waals surface area contributed by atoms with Gasteiger partial charge in [-0.3, -0.25) is 14.9 Å². The molecule has 42 heavy (non-hydrogen) atoms. The Bertz CT molecular complexity index is 1430. The molecular formula is C31H33F3N6O2. The topological polar surface area (TPSA) is 126 Å². The highest BCUT2D eigenvalue weighted by Crippen LogP contribution is 2.34. The van der Waals surface area contributed by atoms with Crippen molar-refractivity contribution < 1.29 is 22.8 Å². The van der Waals surface area contributed by atoms with Crippen LogP contribution in [0.5, 0.6) is 0 Å². The van der Waals surface area contributed by atoms with E-state index in [1.807, 2.05) is 29.8 Å². The zero-order valence-electron chi connectivity index (χ0n) is 22.9. The van der Waals surface area contributed by atoms with Crippen molar-refractivity contribution in [1.82, 2.24) is 10.9 Å². The molecule has 4 rings (SSSR count). The SMILES string of the molecule is NNN=C(N)NC(=O)c1ccc(CN(C(=O)/C=C/c2cccc(C(F)(F)F)c2)c2ccc(C3CCCCC3)cc2)cc1. The Morgan fingerprint density at radius 2 is 1.67 bits per heavy atom. The fraction of sp³-hybridized carbons (Fsp3) is 0.258. The van der Waals surface area contributed by atoms with Crippen molar-refractivity contribution in [2.24, 2.45) is 16.7 Å². The van der Waals surface area contributed by atoms with E-state index < -0.39 is 23.6 Å². The Morgan fingerprint density at radius 3 is 2.31 bits per heavy atom. The minimum absolute atomic E-state index is 0.164. The average Bonchev–Trinajstić information content (AvgIpc) is 2.99. The van der Waals surface area contributed by atoms with Gasteiger partial charge in [-0.15, -0.1) is 5.10 Å². The van der Waals surface area contributed by atoms with E-state index in [2.05, 4.69) is 10.4 Å². The second-order valence-electron chi connectivity index (χ2n) is 10.1. The van der Waals surface area contributed by atoms with Gasteiger partial charge in [-0.1, -0.05) is 55.7 Å². The summed E-state index contributed by atoms with van der Waals surface area (Å²) in [6.45, 7) is 0.164. The molecule has 8 nitrogen and oxygen atoms in total. The van der Waals surface area contributed by atoms with Crippen molar-refractivity contribution in [3.63, 3.8) is 0 Å². The number of rotatable bonds is 8. The molecule has 0 spiro atoms. The predicted molar refractivity (Wildman–Crippen MR) is 157 cm³/mol. The number of hydrazone groups is 1. The van der Waals surface area contributed by atoms with Crippen LogP contribution in [0, 0.1) is 0 Å². The first kappa shape index (κ1) is 30.3. The van der Waals surface area contributed by atoms with Gasteiger partial charge in [-0.2, -0.15) is 13.2 Å². The van der Waals surface area contributed by atoms with Crippen molar-refractivity contribution in [1.29, 1.82) is 0 Å². The lowest BCUT2D eigenvalue weighted by Gasteiger charge is -2.25. The number of benzene rings is 3. The van der Waals surface area contributed by atoms with Gasteiger partial charge in [0.2, 0.25) is 5.96 Å². The zero-order chi connectivity index (χ0) is 30.1. The van der Waals surface area contributed by atoms with Crippen LogP contribution in [0.15, 0.2) is 84.0 Å². The van der Waals surface area contributed by atoms with E-state index in [1.54, 1.807) is 29.2 Å². The highest BCUT2D eigenvalue weighted by atomic mass is 19.4. The summed E-state index contributed by atoms with van der Waals surface area (Å²) in [4.78, 5) is 27.4. The van der Waals surface area contributed by atoms with Gasteiger partial charge in [0.15, 0.2) is 0 Å². The van der Waals surface area contributed by atoms with Gasteiger partial charge < -0.3 is 10.6 Å². The number of nitrogens with zero attached hydrogens (tertiary/aromatic N) is 2. The second-order valence-corrected chi connectivity index (χ2v) is 10.1. The van der Waals surface area contributed by atoms with Gasteiger partial charge in [-0.05, 0) is 77.9 Å². The molecule has 0 aromatic heterocycles. The number of guanidine groups is 1. The van der Waals surface area contributed by atoms with Gasteiger partial charge in [0, 0.05) is 17.3 Å². The Morgan fingerprint density at radius 1 is 0.976 bits per heavy atom. The summed E-state index contributed by atoms with van der Waals surface area (Å²) >= 11 is 0. The molecule has 3 aromatic carbocycles. The van der Waals surface area contributed by atoms with E-state index in [9.17, 15) is 22.8 Å². The molecule has 1 aliphatic rings. The monoisotopic (exact) mass is 578 g/mol. The lowest BCUT2D eigenvalue weighted by atomic mass is 9.84. The minimum Gasteiger partial charge on any atom is -0.368 e. The van der Waals surface area contributed by atoms with Gasteiger partial charge in [-0.25, -0.2) is 11.4 Å². The molecule has 0 aliphatic heterocycles. The van der Waals surface area contributed by atoms with E-state index >= 15 is 0 Å². The number of nitrogens with one attached hydrogen (secondary N) is 2. The summed E-state index contributed by atoms with van der Waals surface area (Å²) in [6.07, 6.45) is 4.09. The lowest BCUT2D eigenvalue weighted by Crippen LogP contribution is -2.39. The molecule has 6 N–H and O–H groups in total. The van der Waals surface area contributed by atoms with Crippen LogP contribution in [-0.2, 0) is 17.5 Å². The maximum absolute atomic E-state index is 13.5. The quantitative estimate of drug-likeness (QED) is 0.0934. The standard InChI is InChI=1S/C31H33F3N6O2/c32-31(33,34)26-8-4-5-21(19-26)11-18-28(41)40(27-16-14-24(15-17-27)23-6-2-1-3-7-23)20-22-9-12-25(13-10-22)29(42)37-30(35)38-39-36/h4-5,8-19,23,39H,1-3,6-7,20,36H2,(H3,35,37,38,42)/b18-11+. The normalized spacial score (nSPS) is 14.5. The predicted octanol–water partition coefficient (Wildman–Crippen LogP) is 5.42. The number of carbonyl (C=O) groups excluding carboxylic acids is 2. The maximum atomic E-state index is 13.5. The molecule has 3 aromatic rings. The first-order chi connectivity index (χ1) is 20.1. The van der Waals surface area contributed by atoms with Crippen LogP contribution >= 0.6 is 0 Å². The van der Waals surface area contributed by atoms with Gasteiger partial charge >= 0.3 is 6.18 Å². The number of amides is 2. The number of carbonyl (C=O) groups is 2. The Labute approximate surface area is 242 Å². The minimum atomic E-state index is -4.48. The van der Waals surface area contributed by atoms with Crippen molar-refractivity contribution in [3.05, 3.63) is 107 Å². The molecule has 0 heterocycles. The van der Waals surface area contributed by atoms with Crippen molar-refractivity contribution in [3.8, 4) is 0 Å². The summed E-state index contributed by atoms with van der Waals surface area (Å²) in [7, 11) is 0. The first-order valence-electron chi connectivity index (χ1n) is 13.6. The van der Waals surface area contributed by atoms with Crippen LogP contribution in [0.1, 0.15) is 70.6 Å². The number of halogens is 3. The Balaban J connectivity index is 1.57. The van der Waals surface area contributed by atoms with Crippen LogP contribution in [-0.4, -0.2) is 17.8 Å². The zero-order valence-corrected chi connectivity index (χ0v) is 22.9. The smallest absolute Gasteiger partial charge is 0.368 e. The van der Waals surface area contributed by atoms with Crippen LogP contribution in [0.4, 0.5) is 18.9 Å². The molecule has 0 saturated heterocycles. The van der Waals surface area contributed by atoms with Crippen molar-refractivity contribution in [2.75, 3.05) is 4.90 Å². The molecule has 1 saturated carbocycles. The van der Waals surface area contributed by atoms with E-state index in [1.165, 1.54) is 49.1 Å². The van der Waals surface area contributed by atoms with Crippen molar-refractivity contribution >= 4 is 29.5 Å². The first-order valence-corrected chi connectivity index (χ1v) is 13.6. The highest BCUT2D eigenvalue weighted by molar-refractivity contribution is 6.05. The Kier molecular flexibility index (Phi) is 9.98. The van der Waals surface area contributed by atoms with Crippen LogP contribution in [0.2, 0.25) is 0 Å². The Hall–Kier alpha value is -4.64. The largest absolute Gasteiger partial charge is 0.416 e. The summed E-state index contributed by atoms with van der Waals surface area (Å²) in [6, 6.07) is 19.2. The summed E-state index contributed by atoms with van der Waals surface area (Å²) in [5, 5.41) is 5.86. The van der Waals surface area contributed by atoms with Gasteiger partial charge in [0.05, 0.1) is 12.1 Å². The molecule has 11 heteroatoms. The third-order valence-corrected chi connectivity index (χ3v) is 7.16. The molecule has 0 bridgehead atoms.